The molecule has 0 amide bonds. The van der Waals surface area contributed by atoms with Gasteiger partial charge >= 0.3 is 0 Å². The van der Waals surface area contributed by atoms with Crippen LogP contribution in [-0.4, -0.2) is 34.3 Å². The third-order valence-corrected chi connectivity index (χ3v) is 5.14. The summed E-state index contributed by atoms with van der Waals surface area (Å²) in [5.41, 5.74) is 0. The van der Waals surface area contributed by atoms with E-state index in [0.29, 0.717) is 17.3 Å². The highest BCUT2D eigenvalue weighted by molar-refractivity contribution is 7.99. The van der Waals surface area contributed by atoms with Gasteiger partial charge in [0.15, 0.2) is 0 Å². The summed E-state index contributed by atoms with van der Waals surface area (Å²) in [5.74, 6) is 1.31. The van der Waals surface area contributed by atoms with Gasteiger partial charge in [0, 0.05) is 17.3 Å². The third kappa shape index (κ3) is 3.11. The maximum atomic E-state index is 9.92. The van der Waals surface area contributed by atoms with E-state index in [-0.39, 0.29) is 6.10 Å². The molecule has 1 saturated carbocycles. The fraction of sp³-hybridized carbons (Fsp3) is 1.00. The average molecular weight is 229 g/mol. The van der Waals surface area contributed by atoms with Crippen LogP contribution in [0.25, 0.3) is 0 Å². The summed E-state index contributed by atoms with van der Waals surface area (Å²) < 4.78 is 0. The average Bonchev–Trinajstić information content (AvgIpc) is 2.24. The number of rotatable bonds is 2. The van der Waals surface area contributed by atoms with Crippen LogP contribution in [0.3, 0.4) is 0 Å². The minimum atomic E-state index is -0.0992. The lowest BCUT2D eigenvalue weighted by Crippen LogP contribution is -2.50. The summed E-state index contributed by atoms with van der Waals surface area (Å²) >= 11 is 2.07. The van der Waals surface area contributed by atoms with E-state index in [2.05, 4.69) is 24.0 Å². The van der Waals surface area contributed by atoms with Gasteiger partial charge in [0.05, 0.1) is 6.10 Å². The van der Waals surface area contributed by atoms with Gasteiger partial charge in [0.1, 0.15) is 0 Å². The summed E-state index contributed by atoms with van der Waals surface area (Å²) in [6.45, 7) is 2.32. The highest BCUT2D eigenvalue weighted by Crippen LogP contribution is 2.27. The van der Waals surface area contributed by atoms with Crippen molar-refractivity contribution in [3.05, 3.63) is 0 Å². The van der Waals surface area contributed by atoms with Gasteiger partial charge in [-0.3, -0.25) is 0 Å². The van der Waals surface area contributed by atoms with Crippen molar-refractivity contribution in [2.75, 3.05) is 5.75 Å². The van der Waals surface area contributed by atoms with Crippen molar-refractivity contribution < 1.29 is 5.11 Å². The van der Waals surface area contributed by atoms with E-state index in [4.69, 9.17) is 0 Å². The van der Waals surface area contributed by atoms with Crippen molar-refractivity contribution in [2.24, 2.45) is 0 Å². The molecule has 2 nitrogen and oxygen atoms in total. The van der Waals surface area contributed by atoms with Crippen LogP contribution in [0.2, 0.25) is 0 Å². The maximum absolute atomic E-state index is 9.92. The number of hydrogen-bond donors (Lipinski definition) is 2. The summed E-state index contributed by atoms with van der Waals surface area (Å²) in [5, 5.41) is 14.3. The molecule has 3 heteroatoms. The summed E-state index contributed by atoms with van der Waals surface area (Å²) in [6.07, 6.45) is 7.16. The minimum absolute atomic E-state index is 0.0992. The molecule has 1 aliphatic carbocycles. The van der Waals surface area contributed by atoms with Gasteiger partial charge in [-0.05, 0) is 31.4 Å². The topological polar surface area (TPSA) is 32.3 Å². The molecule has 2 N–H and O–H groups in total. The predicted octanol–water partition coefficient (Wildman–Crippen LogP) is 2.16. The number of aliphatic hydroxyl groups excluding tert-OH is 1. The molecular formula is C12H23NOS. The Balaban J connectivity index is 1.83. The molecule has 1 saturated heterocycles. The quantitative estimate of drug-likeness (QED) is 0.761. The molecule has 2 rings (SSSR count). The number of thioether (sulfide) groups is 1. The van der Waals surface area contributed by atoms with Crippen LogP contribution in [0.1, 0.15) is 45.4 Å². The Morgan fingerprint density at radius 1 is 1.07 bits per heavy atom. The molecule has 1 aliphatic heterocycles. The van der Waals surface area contributed by atoms with Crippen molar-refractivity contribution in [3.8, 4) is 0 Å². The first kappa shape index (κ1) is 11.7. The van der Waals surface area contributed by atoms with Crippen LogP contribution in [-0.2, 0) is 0 Å². The van der Waals surface area contributed by atoms with E-state index in [1.54, 1.807) is 0 Å². The van der Waals surface area contributed by atoms with Crippen LogP contribution in [0.15, 0.2) is 0 Å². The molecule has 0 aromatic rings. The molecular weight excluding hydrogens is 206 g/mol. The monoisotopic (exact) mass is 229 g/mol. The van der Waals surface area contributed by atoms with E-state index in [1.807, 2.05) is 0 Å². The highest BCUT2D eigenvalue weighted by atomic mass is 32.2. The Morgan fingerprint density at radius 3 is 2.53 bits per heavy atom. The normalized spacial score (nSPS) is 42.8. The fourth-order valence-corrected chi connectivity index (χ4v) is 3.87. The molecule has 0 aromatic heterocycles. The van der Waals surface area contributed by atoms with Crippen molar-refractivity contribution in [3.63, 3.8) is 0 Å². The number of aliphatic hydroxyl groups is 1. The lowest BCUT2D eigenvalue weighted by atomic mass is 9.91. The van der Waals surface area contributed by atoms with Crippen LogP contribution in [0.5, 0.6) is 0 Å². The van der Waals surface area contributed by atoms with E-state index < -0.39 is 0 Å². The molecule has 15 heavy (non-hydrogen) atoms. The minimum Gasteiger partial charge on any atom is -0.392 e. The number of hydrogen-bond acceptors (Lipinski definition) is 3. The molecule has 0 spiro atoms. The largest absolute Gasteiger partial charge is 0.392 e. The molecule has 4 atom stereocenters. The first-order valence-electron chi connectivity index (χ1n) is 6.33. The molecule has 2 aliphatic rings. The Morgan fingerprint density at radius 2 is 1.80 bits per heavy atom. The van der Waals surface area contributed by atoms with E-state index in [0.717, 1.165) is 12.8 Å². The Kier molecular flexibility index (Phi) is 4.35. The van der Waals surface area contributed by atoms with Crippen LogP contribution in [0.4, 0.5) is 0 Å². The standard InChI is InChI=1S/C12H23NOS/c1-9-10(6-4-8-15-9)13-11-5-2-3-7-12(11)14/h9-14H,2-8H2,1H3. The lowest BCUT2D eigenvalue weighted by Gasteiger charge is -2.36. The lowest BCUT2D eigenvalue weighted by molar-refractivity contribution is 0.0839. The Labute approximate surface area is 97.2 Å². The maximum Gasteiger partial charge on any atom is 0.0693 e. The van der Waals surface area contributed by atoms with Crippen molar-refractivity contribution in [1.82, 2.24) is 5.32 Å². The van der Waals surface area contributed by atoms with Gasteiger partial charge in [0.2, 0.25) is 0 Å². The Hall–Kier alpha value is 0.270. The highest BCUT2D eigenvalue weighted by Gasteiger charge is 2.28. The summed E-state index contributed by atoms with van der Waals surface area (Å²) in [7, 11) is 0. The zero-order valence-corrected chi connectivity index (χ0v) is 10.4. The first-order chi connectivity index (χ1) is 7.27. The van der Waals surface area contributed by atoms with Crippen molar-refractivity contribution in [1.29, 1.82) is 0 Å². The zero-order chi connectivity index (χ0) is 10.7. The SMILES string of the molecule is CC1SCCCC1NC1CCCCC1O. The van der Waals surface area contributed by atoms with Crippen LogP contribution < -0.4 is 5.32 Å². The van der Waals surface area contributed by atoms with Gasteiger partial charge in [-0.25, -0.2) is 0 Å². The summed E-state index contributed by atoms with van der Waals surface area (Å²) in [6, 6.07) is 0.992. The number of nitrogens with one attached hydrogen (secondary N) is 1. The van der Waals surface area contributed by atoms with Crippen molar-refractivity contribution in [2.45, 2.75) is 68.9 Å². The van der Waals surface area contributed by atoms with Crippen LogP contribution in [0, 0.1) is 0 Å². The molecule has 0 aromatic carbocycles. The Bertz CT molecular complexity index is 180. The predicted molar refractivity (Wildman–Crippen MR) is 66.3 cm³/mol. The van der Waals surface area contributed by atoms with Gasteiger partial charge in [-0.15, -0.1) is 0 Å². The second-order valence-electron chi connectivity index (χ2n) is 4.95. The summed E-state index contributed by atoms with van der Waals surface area (Å²) in [4.78, 5) is 0. The molecule has 0 radical (unpaired) electrons. The fourth-order valence-electron chi connectivity index (χ4n) is 2.72. The van der Waals surface area contributed by atoms with Gasteiger partial charge in [-0.2, -0.15) is 11.8 Å². The zero-order valence-electron chi connectivity index (χ0n) is 9.61. The molecule has 0 bridgehead atoms. The van der Waals surface area contributed by atoms with Crippen LogP contribution >= 0.6 is 11.8 Å². The van der Waals surface area contributed by atoms with E-state index >= 15 is 0 Å². The molecule has 4 unspecified atom stereocenters. The third-order valence-electron chi connectivity index (χ3n) is 3.76. The smallest absolute Gasteiger partial charge is 0.0693 e. The second-order valence-corrected chi connectivity index (χ2v) is 6.43. The molecule has 2 fully saturated rings. The van der Waals surface area contributed by atoms with Gasteiger partial charge < -0.3 is 10.4 Å². The molecule has 1 heterocycles. The van der Waals surface area contributed by atoms with Gasteiger partial charge in [-0.1, -0.05) is 19.8 Å². The van der Waals surface area contributed by atoms with E-state index in [9.17, 15) is 5.11 Å². The molecule has 88 valence electrons. The van der Waals surface area contributed by atoms with Gasteiger partial charge in [0.25, 0.3) is 0 Å². The first-order valence-corrected chi connectivity index (χ1v) is 7.38. The van der Waals surface area contributed by atoms with E-state index in [1.165, 1.54) is 31.4 Å². The second kappa shape index (κ2) is 5.55. The van der Waals surface area contributed by atoms with Crippen molar-refractivity contribution >= 4 is 11.8 Å².